The molecule has 1 aromatic carbocycles. The highest BCUT2D eigenvalue weighted by atomic mass is 79.9. The minimum atomic E-state index is -0.542. The molecule has 0 aromatic heterocycles. The lowest BCUT2D eigenvalue weighted by Gasteiger charge is -2.12. The van der Waals surface area contributed by atoms with Crippen LogP contribution in [0.4, 0.5) is 0 Å². The predicted molar refractivity (Wildman–Crippen MR) is 68.7 cm³/mol. The van der Waals surface area contributed by atoms with Crippen molar-refractivity contribution in [1.82, 2.24) is 10.4 Å². The van der Waals surface area contributed by atoms with Gasteiger partial charge in [-0.05, 0) is 24.6 Å². The summed E-state index contributed by atoms with van der Waals surface area (Å²) in [6.45, 7) is 0.150. The number of halogens is 1. The molecule has 0 saturated carbocycles. The summed E-state index contributed by atoms with van der Waals surface area (Å²) in [5, 5.41) is 8.35. The van der Waals surface area contributed by atoms with Gasteiger partial charge in [0, 0.05) is 17.4 Å². The molecule has 0 fully saturated rings. The van der Waals surface area contributed by atoms with Gasteiger partial charge in [0.15, 0.2) is 0 Å². The number of rotatable bonds is 4. The van der Waals surface area contributed by atoms with E-state index in [-0.39, 0.29) is 24.8 Å². The van der Waals surface area contributed by atoms with Crippen LogP contribution >= 0.6 is 15.9 Å². The zero-order valence-electron chi connectivity index (χ0n) is 9.85. The van der Waals surface area contributed by atoms with Crippen LogP contribution in [0, 0.1) is 0 Å². The molecule has 2 rings (SSSR count). The Balaban J connectivity index is 2.08. The molecule has 0 spiro atoms. The van der Waals surface area contributed by atoms with E-state index in [1.54, 1.807) is 18.2 Å². The van der Waals surface area contributed by atoms with Gasteiger partial charge in [-0.3, -0.25) is 24.5 Å². The third-order valence-electron chi connectivity index (χ3n) is 2.84. The van der Waals surface area contributed by atoms with Crippen LogP contribution in [-0.2, 0) is 4.79 Å². The molecule has 1 aromatic rings. The van der Waals surface area contributed by atoms with E-state index in [4.69, 9.17) is 5.21 Å². The molecule has 100 valence electrons. The zero-order valence-corrected chi connectivity index (χ0v) is 11.4. The van der Waals surface area contributed by atoms with E-state index < -0.39 is 5.91 Å². The Hall–Kier alpha value is -1.73. The Morgan fingerprint density at radius 3 is 2.63 bits per heavy atom. The highest BCUT2D eigenvalue weighted by Crippen LogP contribution is 2.26. The van der Waals surface area contributed by atoms with Gasteiger partial charge < -0.3 is 0 Å². The fourth-order valence-corrected chi connectivity index (χ4v) is 2.28. The van der Waals surface area contributed by atoms with Crippen molar-refractivity contribution in [2.45, 2.75) is 12.8 Å². The molecular weight excluding hydrogens is 316 g/mol. The Morgan fingerprint density at radius 2 is 1.95 bits per heavy atom. The number of hydrogen-bond donors (Lipinski definition) is 2. The molecule has 0 aliphatic carbocycles. The minimum absolute atomic E-state index is 0.0492. The van der Waals surface area contributed by atoms with Crippen LogP contribution in [0.15, 0.2) is 22.7 Å². The maximum atomic E-state index is 12.0. The molecule has 6 nitrogen and oxygen atoms in total. The first-order chi connectivity index (χ1) is 9.04. The van der Waals surface area contributed by atoms with Crippen LogP contribution in [0.2, 0.25) is 0 Å². The molecule has 0 bridgehead atoms. The number of imide groups is 1. The second kappa shape index (κ2) is 5.50. The smallest absolute Gasteiger partial charge is 0.261 e. The molecular formula is C12H11BrN2O4. The topological polar surface area (TPSA) is 86.7 Å². The highest BCUT2D eigenvalue weighted by molar-refractivity contribution is 9.10. The van der Waals surface area contributed by atoms with Gasteiger partial charge in [-0.15, -0.1) is 0 Å². The van der Waals surface area contributed by atoms with Crippen LogP contribution in [0.25, 0.3) is 0 Å². The van der Waals surface area contributed by atoms with Crippen molar-refractivity contribution in [3.05, 3.63) is 33.8 Å². The fraction of sp³-hybridized carbons (Fsp3) is 0.250. The van der Waals surface area contributed by atoms with Crippen molar-refractivity contribution in [3.63, 3.8) is 0 Å². The summed E-state index contributed by atoms with van der Waals surface area (Å²) >= 11 is 3.25. The summed E-state index contributed by atoms with van der Waals surface area (Å²) in [7, 11) is 0. The molecule has 0 saturated heterocycles. The molecule has 0 atom stereocenters. The van der Waals surface area contributed by atoms with Crippen molar-refractivity contribution < 1.29 is 19.6 Å². The van der Waals surface area contributed by atoms with E-state index in [9.17, 15) is 14.4 Å². The second-order valence-electron chi connectivity index (χ2n) is 4.09. The molecule has 3 amide bonds. The lowest BCUT2D eigenvalue weighted by molar-refractivity contribution is -0.129. The molecule has 1 aliphatic rings. The van der Waals surface area contributed by atoms with Crippen LogP contribution in [0.3, 0.4) is 0 Å². The van der Waals surface area contributed by atoms with Gasteiger partial charge >= 0.3 is 0 Å². The van der Waals surface area contributed by atoms with Crippen molar-refractivity contribution in [3.8, 4) is 0 Å². The van der Waals surface area contributed by atoms with Gasteiger partial charge in [0.25, 0.3) is 11.8 Å². The first kappa shape index (κ1) is 13.7. The largest absolute Gasteiger partial charge is 0.289 e. The standard InChI is InChI=1S/C12H11BrN2O4/c13-7-3-4-8-9(6-7)12(18)15(11(8)17)5-1-2-10(16)14-19/h3-4,6,19H,1-2,5H2,(H,14,16). The molecule has 19 heavy (non-hydrogen) atoms. The van der Waals surface area contributed by atoms with E-state index >= 15 is 0 Å². The van der Waals surface area contributed by atoms with Crippen molar-refractivity contribution >= 4 is 33.7 Å². The number of carbonyl (C=O) groups excluding carboxylic acids is 3. The Bertz CT molecular complexity index is 559. The third kappa shape index (κ3) is 2.66. The van der Waals surface area contributed by atoms with E-state index in [1.165, 1.54) is 5.48 Å². The first-order valence-electron chi connectivity index (χ1n) is 5.63. The fourth-order valence-electron chi connectivity index (χ4n) is 1.92. The predicted octanol–water partition coefficient (Wildman–Crippen LogP) is 1.33. The van der Waals surface area contributed by atoms with Crippen molar-refractivity contribution in [2.75, 3.05) is 6.54 Å². The maximum Gasteiger partial charge on any atom is 0.261 e. The third-order valence-corrected chi connectivity index (χ3v) is 3.34. The Morgan fingerprint density at radius 1 is 1.26 bits per heavy atom. The maximum absolute atomic E-state index is 12.0. The van der Waals surface area contributed by atoms with Crippen LogP contribution in [0.5, 0.6) is 0 Å². The highest BCUT2D eigenvalue weighted by Gasteiger charge is 2.35. The lowest BCUT2D eigenvalue weighted by Crippen LogP contribution is -2.31. The van der Waals surface area contributed by atoms with Crippen LogP contribution in [-0.4, -0.2) is 34.4 Å². The molecule has 1 aliphatic heterocycles. The molecule has 7 heteroatoms. The average molecular weight is 327 g/mol. The summed E-state index contributed by atoms with van der Waals surface area (Å²) in [5.74, 6) is -1.25. The number of hydroxylamine groups is 1. The lowest BCUT2D eigenvalue weighted by atomic mass is 10.1. The molecule has 0 unspecified atom stereocenters. The van der Waals surface area contributed by atoms with Crippen LogP contribution in [0.1, 0.15) is 33.6 Å². The molecule has 0 radical (unpaired) electrons. The number of benzene rings is 1. The molecule has 1 heterocycles. The summed E-state index contributed by atoms with van der Waals surface area (Å²) in [5.41, 5.74) is 2.25. The minimum Gasteiger partial charge on any atom is -0.289 e. The van der Waals surface area contributed by atoms with E-state index in [1.807, 2.05) is 0 Å². The van der Waals surface area contributed by atoms with Gasteiger partial charge in [-0.25, -0.2) is 5.48 Å². The van der Waals surface area contributed by atoms with Gasteiger partial charge in [0.05, 0.1) is 11.1 Å². The normalized spacial score (nSPS) is 13.7. The van der Waals surface area contributed by atoms with Crippen molar-refractivity contribution in [1.29, 1.82) is 0 Å². The number of hydrogen-bond acceptors (Lipinski definition) is 4. The monoisotopic (exact) mass is 326 g/mol. The van der Waals surface area contributed by atoms with Crippen LogP contribution < -0.4 is 5.48 Å². The average Bonchev–Trinajstić information content (AvgIpc) is 2.63. The number of nitrogens with zero attached hydrogens (tertiary/aromatic N) is 1. The number of amides is 3. The summed E-state index contributed by atoms with van der Waals surface area (Å²) in [6.07, 6.45) is 0.354. The van der Waals surface area contributed by atoms with Gasteiger partial charge in [0.2, 0.25) is 5.91 Å². The van der Waals surface area contributed by atoms with Gasteiger partial charge in [0.1, 0.15) is 0 Å². The van der Waals surface area contributed by atoms with E-state index in [0.717, 1.165) is 9.37 Å². The van der Waals surface area contributed by atoms with Gasteiger partial charge in [-0.1, -0.05) is 15.9 Å². The molecule has 2 N–H and O–H groups in total. The van der Waals surface area contributed by atoms with E-state index in [0.29, 0.717) is 17.5 Å². The zero-order chi connectivity index (χ0) is 14.0. The SMILES string of the molecule is O=C(CCCN1C(=O)c2ccc(Br)cc2C1=O)NO. The van der Waals surface area contributed by atoms with Crippen molar-refractivity contribution in [2.24, 2.45) is 0 Å². The number of carbonyl (C=O) groups is 3. The summed E-state index contributed by atoms with van der Waals surface area (Å²) < 4.78 is 0.730. The Kier molecular flexibility index (Phi) is 3.96. The first-order valence-corrected chi connectivity index (χ1v) is 6.42. The number of nitrogens with one attached hydrogen (secondary N) is 1. The number of fused-ring (bicyclic) bond motifs is 1. The van der Waals surface area contributed by atoms with Gasteiger partial charge in [-0.2, -0.15) is 0 Å². The quantitative estimate of drug-likeness (QED) is 0.496. The summed E-state index contributed by atoms with van der Waals surface area (Å²) in [4.78, 5) is 36.0. The summed E-state index contributed by atoms with van der Waals surface area (Å²) in [6, 6.07) is 4.91. The van der Waals surface area contributed by atoms with E-state index in [2.05, 4.69) is 15.9 Å². The Labute approximate surface area is 117 Å². The second-order valence-corrected chi connectivity index (χ2v) is 5.01.